The zero-order valence-electron chi connectivity index (χ0n) is 13.7. The summed E-state index contributed by atoms with van der Waals surface area (Å²) in [6.45, 7) is 0.191. The zero-order chi connectivity index (χ0) is 17.6. The predicted molar refractivity (Wildman–Crippen MR) is 97.3 cm³/mol. The Hall–Kier alpha value is -3.52. The van der Waals surface area contributed by atoms with Crippen molar-refractivity contribution in [3.05, 3.63) is 71.4 Å². The number of rotatable bonds is 3. The largest absolute Gasteiger partial charge is 0.355 e. The lowest BCUT2D eigenvalue weighted by Crippen LogP contribution is -2.23. The van der Waals surface area contributed by atoms with Gasteiger partial charge < -0.3 is 15.6 Å². The Morgan fingerprint density at radius 3 is 2.60 bits per heavy atom. The molecule has 0 saturated carbocycles. The topological polar surface area (TPSA) is 74.0 Å². The number of H-pyrrole nitrogens is 1. The molecule has 5 heteroatoms. The standard InChI is InChI=1S/C20H17N3O2/c1-21-19(24)16-10-4-2-7-14(16)9-6-12-22-20(25)18-13-15-8-3-5-11-17(15)23-18/h2-5,7-8,10-11,13,23H,12H2,1H3,(H,21,24)(H,22,25). The van der Waals surface area contributed by atoms with Crippen LogP contribution in [-0.4, -0.2) is 30.4 Å². The van der Waals surface area contributed by atoms with Crippen molar-refractivity contribution in [1.82, 2.24) is 15.6 Å². The van der Waals surface area contributed by atoms with E-state index in [0.29, 0.717) is 16.8 Å². The van der Waals surface area contributed by atoms with Gasteiger partial charge in [0.1, 0.15) is 5.69 Å². The molecule has 3 aromatic rings. The van der Waals surface area contributed by atoms with Crippen LogP contribution in [0.25, 0.3) is 10.9 Å². The normalized spacial score (nSPS) is 9.96. The molecule has 0 bridgehead atoms. The fourth-order valence-corrected chi connectivity index (χ4v) is 2.48. The molecular formula is C20H17N3O2. The van der Waals surface area contributed by atoms with Crippen molar-refractivity contribution in [1.29, 1.82) is 0 Å². The van der Waals surface area contributed by atoms with Crippen LogP contribution in [0.5, 0.6) is 0 Å². The lowest BCUT2D eigenvalue weighted by Gasteiger charge is -2.02. The minimum atomic E-state index is -0.218. The molecular weight excluding hydrogens is 314 g/mol. The second kappa shape index (κ2) is 7.37. The molecule has 0 aliphatic heterocycles. The summed E-state index contributed by atoms with van der Waals surface area (Å²) in [5.41, 5.74) is 2.55. The first-order valence-corrected chi connectivity index (χ1v) is 7.85. The third-order valence-corrected chi connectivity index (χ3v) is 3.73. The molecule has 1 heterocycles. The monoisotopic (exact) mass is 331 g/mol. The van der Waals surface area contributed by atoms with E-state index in [1.54, 1.807) is 31.3 Å². The van der Waals surface area contributed by atoms with E-state index in [-0.39, 0.29) is 18.4 Å². The Balaban J connectivity index is 1.67. The molecule has 5 nitrogen and oxygen atoms in total. The van der Waals surface area contributed by atoms with E-state index in [2.05, 4.69) is 27.5 Å². The minimum absolute atomic E-state index is 0.188. The highest BCUT2D eigenvalue weighted by Gasteiger charge is 2.08. The van der Waals surface area contributed by atoms with Gasteiger partial charge in [0.25, 0.3) is 11.8 Å². The highest BCUT2D eigenvalue weighted by molar-refractivity contribution is 5.98. The maximum atomic E-state index is 12.2. The van der Waals surface area contributed by atoms with Gasteiger partial charge in [-0.15, -0.1) is 0 Å². The molecule has 2 aromatic carbocycles. The first kappa shape index (κ1) is 16.3. The van der Waals surface area contributed by atoms with Gasteiger partial charge in [0.05, 0.1) is 12.1 Å². The van der Waals surface area contributed by atoms with Crippen molar-refractivity contribution in [3.63, 3.8) is 0 Å². The number of hydrogen-bond acceptors (Lipinski definition) is 2. The zero-order valence-corrected chi connectivity index (χ0v) is 13.7. The van der Waals surface area contributed by atoms with Crippen molar-refractivity contribution >= 4 is 22.7 Å². The number of carbonyl (C=O) groups excluding carboxylic acids is 2. The lowest BCUT2D eigenvalue weighted by molar-refractivity contribution is 0.0949. The second-order valence-electron chi connectivity index (χ2n) is 5.38. The van der Waals surface area contributed by atoms with Crippen molar-refractivity contribution in [2.45, 2.75) is 0 Å². The summed E-state index contributed by atoms with van der Waals surface area (Å²) >= 11 is 0. The number of amides is 2. The summed E-state index contributed by atoms with van der Waals surface area (Å²) in [5, 5.41) is 6.32. The van der Waals surface area contributed by atoms with Crippen LogP contribution in [0.3, 0.4) is 0 Å². The Bertz CT molecular complexity index is 960. The number of hydrogen-bond donors (Lipinski definition) is 3. The third kappa shape index (κ3) is 3.70. The first-order chi connectivity index (χ1) is 12.2. The number of aromatic nitrogens is 1. The van der Waals surface area contributed by atoms with Crippen molar-refractivity contribution in [2.75, 3.05) is 13.6 Å². The van der Waals surface area contributed by atoms with Crippen LogP contribution in [0.2, 0.25) is 0 Å². The highest BCUT2D eigenvalue weighted by atomic mass is 16.2. The van der Waals surface area contributed by atoms with Crippen LogP contribution < -0.4 is 10.6 Å². The molecule has 3 N–H and O–H groups in total. The fourth-order valence-electron chi connectivity index (χ4n) is 2.48. The molecule has 0 aliphatic rings. The maximum Gasteiger partial charge on any atom is 0.268 e. The van der Waals surface area contributed by atoms with E-state index in [4.69, 9.17) is 0 Å². The molecule has 0 saturated heterocycles. The minimum Gasteiger partial charge on any atom is -0.355 e. The number of aromatic amines is 1. The molecule has 25 heavy (non-hydrogen) atoms. The highest BCUT2D eigenvalue weighted by Crippen LogP contribution is 2.14. The van der Waals surface area contributed by atoms with Gasteiger partial charge in [-0.05, 0) is 24.3 Å². The van der Waals surface area contributed by atoms with Gasteiger partial charge >= 0.3 is 0 Å². The van der Waals surface area contributed by atoms with Crippen molar-refractivity contribution in [3.8, 4) is 11.8 Å². The summed E-state index contributed by atoms with van der Waals surface area (Å²) in [6.07, 6.45) is 0. The predicted octanol–water partition coefficient (Wildman–Crippen LogP) is 2.31. The van der Waals surface area contributed by atoms with E-state index < -0.39 is 0 Å². The molecule has 0 spiro atoms. The fraction of sp³-hybridized carbons (Fsp3) is 0.100. The van der Waals surface area contributed by atoms with Gasteiger partial charge in [-0.3, -0.25) is 9.59 Å². The van der Waals surface area contributed by atoms with Crippen LogP contribution in [0, 0.1) is 11.8 Å². The molecule has 0 atom stereocenters. The average Bonchev–Trinajstić information content (AvgIpc) is 3.09. The van der Waals surface area contributed by atoms with Crippen LogP contribution in [-0.2, 0) is 0 Å². The van der Waals surface area contributed by atoms with E-state index in [0.717, 1.165) is 10.9 Å². The van der Waals surface area contributed by atoms with Gasteiger partial charge in [-0.2, -0.15) is 0 Å². The summed E-state index contributed by atoms with van der Waals surface area (Å²) in [4.78, 5) is 27.0. The molecule has 124 valence electrons. The smallest absolute Gasteiger partial charge is 0.268 e. The Morgan fingerprint density at radius 1 is 1.04 bits per heavy atom. The van der Waals surface area contributed by atoms with Crippen LogP contribution >= 0.6 is 0 Å². The van der Waals surface area contributed by atoms with Crippen LogP contribution in [0.1, 0.15) is 26.4 Å². The molecule has 3 rings (SSSR count). The van der Waals surface area contributed by atoms with Crippen LogP contribution in [0.4, 0.5) is 0 Å². The maximum absolute atomic E-state index is 12.2. The molecule has 1 aromatic heterocycles. The van der Waals surface area contributed by atoms with Crippen molar-refractivity contribution < 1.29 is 9.59 Å². The average molecular weight is 331 g/mol. The summed E-state index contributed by atoms with van der Waals surface area (Å²) < 4.78 is 0. The summed E-state index contributed by atoms with van der Waals surface area (Å²) in [7, 11) is 1.58. The van der Waals surface area contributed by atoms with Gasteiger partial charge in [-0.25, -0.2) is 0 Å². The summed E-state index contributed by atoms with van der Waals surface area (Å²) in [6, 6.07) is 16.6. The van der Waals surface area contributed by atoms with E-state index in [9.17, 15) is 9.59 Å². The van der Waals surface area contributed by atoms with E-state index in [1.165, 1.54) is 0 Å². The van der Waals surface area contributed by atoms with E-state index in [1.807, 2.05) is 30.3 Å². The molecule has 0 unspecified atom stereocenters. The SMILES string of the molecule is CNC(=O)c1ccccc1C#CCNC(=O)c1cc2ccccc2[nH]1. The van der Waals surface area contributed by atoms with E-state index >= 15 is 0 Å². The second-order valence-corrected chi connectivity index (χ2v) is 5.38. The van der Waals surface area contributed by atoms with Gasteiger partial charge in [0.15, 0.2) is 0 Å². The first-order valence-electron chi connectivity index (χ1n) is 7.85. The molecule has 0 radical (unpaired) electrons. The Labute approximate surface area is 145 Å². The Kier molecular flexibility index (Phi) is 4.82. The molecule has 0 fully saturated rings. The van der Waals surface area contributed by atoms with Gasteiger partial charge in [-0.1, -0.05) is 42.2 Å². The number of fused-ring (bicyclic) bond motifs is 1. The number of nitrogens with one attached hydrogen (secondary N) is 3. The number of carbonyl (C=O) groups is 2. The van der Waals surface area contributed by atoms with Crippen LogP contribution in [0.15, 0.2) is 54.6 Å². The quantitative estimate of drug-likeness (QED) is 0.644. The summed E-state index contributed by atoms with van der Waals surface area (Å²) in [5.74, 6) is 5.40. The number of para-hydroxylation sites is 1. The van der Waals surface area contributed by atoms with Gasteiger partial charge in [0, 0.05) is 23.5 Å². The molecule has 0 aliphatic carbocycles. The lowest BCUT2D eigenvalue weighted by atomic mass is 10.1. The molecule has 2 amide bonds. The number of benzene rings is 2. The Morgan fingerprint density at radius 2 is 1.80 bits per heavy atom. The van der Waals surface area contributed by atoms with Gasteiger partial charge in [0.2, 0.25) is 0 Å². The van der Waals surface area contributed by atoms with Crippen molar-refractivity contribution in [2.24, 2.45) is 0 Å². The third-order valence-electron chi connectivity index (χ3n) is 3.73.